The van der Waals surface area contributed by atoms with Crippen LogP contribution in [0.4, 0.5) is 0 Å². The van der Waals surface area contributed by atoms with Crippen molar-refractivity contribution >= 4 is 24.4 Å². The lowest BCUT2D eigenvalue weighted by Crippen LogP contribution is -2.45. The summed E-state index contributed by atoms with van der Waals surface area (Å²) in [6, 6.07) is 1.94. The first kappa shape index (κ1) is 20.5. The third-order valence-electron chi connectivity index (χ3n) is 3.75. The first-order valence-corrected chi connectivity index (χ1v) is 9.93. The van der Waals surface area contributed by atoms with Gasteiger partial charge in [-0.15, -0.1) is 0 Å². The largest absolute Gasteiger partial charge is 0.370 e. The molecule has 1 heterocycles. The van der Waals surface area contributed by atoms with E-state index in [9.17, 15) is 4.79 Å². The molecular weight excluding hydrogens is 341 g/mol. The molecule has 1 aliphatic heterocycles. The van der Waals surface area contributed by atoms with Crippen LogP contribution < -0.4 is 5.73 Å². The van der Waals surface area contributed by atoms with Crippen LogP contribution in [0.25, 0.3) is 0 Å². The number of hydrogen-bond acceptors (Lipinski definition) is 8. The standard InChI is InChI=1S/C13H24N3O5PS/c1-13(3-6-16(7-4-13)12(18)9-15)10-20-22(23,21-11-17)19-8-2-5-14/h17H,2-4,6-11,15H2,1H3. The minimum absolute atomic E-state index is 0.0189. The van der Waals surface area contributed by atoms with Crippen LogP contribution in [0.15, 0.2) is 0 Å². The van der Waals surface area contributed by atoms with Gasteiger partial charge in [-0.1, -0.05) is 6.92 Å². The van der Waals surface area contributed by atoms with Crippen molar-refractivity contribution in [1.29, 1.82) is 5.26 Å². The highest BCUT2D eigenvalue weighted by Crippen LogP contribution is 2.51. The number of rotatable bonds is 9. The molecule has 1 amide bonds. The molecule has 1 unspecified atom stereocenters. The average molecular weight is 365 g/mol. The smallest absolute Gasteiger partial charge is 0.329 e. The van der Waals surface area contributed by atoms with E-state index in [0.29, 0.717) is 19.7 Å². The van der Waals surface area contributed by atoms with Crippen LogP contribution in [0.1, 0.15) is 26.2 Å². The summed E-state index contributed by atoms with van der Waals surface area (Å²) >= 11 is 5.21. The molecule has 0 aliphatic carbocycles. The molecule has 1 fully saturated rings. The summed E-state index contributed by atoms with van der Waals surface area (Å²) in [6.07, 6.45) is 1.68. The Morgan fingerprint density at radius 1 is 1.43 bits per heavy atom. The number of aliphatic hydroxyl groups is 1. The van der Waals surface area contributed by atoms with Gasteiger partial charge in [0.1, 0.15) is 0 Å². The van der Waals surface area contributed by atoms with Crippen molar-refractivity contribution in [3.05, 3.63) is 0 Å². The Morgan fingerprint density at radius 2 is 2.09 bits per heavy atom. The molecular formula is C13H24N3O5PS. The van der Waals surface area contributed by atoms with Gasteiger partial charge in [-0.2, -0.15) is 5.26 Å². The highest BCUT2D eigenvalue weighted by molar-refractivity contribution is 8.07. The van der Waals surface area contributed by atoms with Crippen LogP contribution in [-0.4, -0.2) is 55.6 Å². The predicted octanol–water partition coefficient (Wildman–Crippen LogP) is 0.712. The Hall–Kier alpha value is -0.590. The monoisotopic (exact) mass is 365 g/mol. The molecule has 1 aliphatic rings. The maximum atomic E-state index is 11.6. The lowest BCUT2D eigenvalue weighted by molar-refractivity contribution is -0.132. The summed E-state index contributed by atoms with van der Waals surface area (Å²) in [6.45, 7) is 0.0486. The van der Waals surface area contributed by atoms with E-state index in [0.717, 1.165) is 12.8 Å². The molecule has 0 aromatic heterocycles. The molecule has 0 saturated carbocycles. The molecule has 0 spiro atoms. The molecule has 0 radical (unpaired) electrons. The van der Waals surface area contributed by atoms with Crippen LogP contribution in [0.3, 0.4) is 0 Å². The van der Waals surface area contributed by atoms with E-state index in [1.54, 1.807) is 4.90 Å². The molecule has 132 valence electrons. The zero-order valence-electron chi connectivity index (χ0n) is 13.3. The molecule has 1 rings (SSSR count). The number of likely N-dealkylation sites (tertiary alicyclic amines) is 1. The van der Waals surface area contributed by atoms with Gasteiger partial charge < -0.3 is 24.8 Å². The van der Waals surface area contributed by atoms with Gasteiger partial charge in [0.05, 0.1) is 32.2 Å². The third-order valence-corrected chi connectivity index (χ3v) is 6.07. The highest BCUT2D eigenvalue weighted by atomic mass is 32.5. The van der Waals surface area contributed by atoms with Gasteiger partial charge in [0.15, 0.2) is 6.79 Å². The van der Waals surface area contributed by atoms with Crippen LogP contribution in [0.5, 0.6) is 0 Å². The topological polar surface area (TPSA) is 118 Å². The average Bonchev–Trinajstić information content (AvgIpc) is 2.54. The van der Waals surface area contributed by atoms with Crippen molar-refractivity contribution in [3.63, 3.8) is 0 Å². The number of piperidine rings is 1. The fourth-order valence-electron chi connectivity index (χ4n) is 2.19. The van der Waals surface area contributed by atoms with Crippen LogP contribution in [0, 0.1) is 16.7 Å². The fourth-order valence-corrected chi connectivity index (χ4v) is 3.86. The van der Waals surface area contributed by atoms with Crippen molar-refractivity contribution in [2.24, 2.45) is 11.1 Å². The minimum Gasteiger partial charge on any atom is -0.370 e. The SMILES string of the molecule is CC1(COP(=S)(OCO)OCCC#N)CCN(C(=O)CN)CC1. The Balaban J connectivity index is 2.52. The second-order valence-electron chi connectivity index (χ2n) is 5.62. The number of hydrogen-bond donors (Lipinski definition) is 2. The van der Waals surface area contributed by atoms with Crippen molar-refractivity contribution in [1.82, 2.24) is 4.90 Å². The zero-order chi connectivity index (χ0) is 17.3. The first-order chi connectivity index (χ1) is 10.9. The summed E-state index contributed by atoms with van der Waals surface area (Å²) in [5.41, 5.74) is 5.21. The van der Waals surface area contributed by atoms with Gasteiger partial charge >= 0.3 is 6.72 Å². The number of carbonyl (C=O) groups excluding carboxylic acids is 1. The van der Waals surface area contributed by atoms with Gasteiger partial charge in [-0.25, -0.2) is 0 Å². The van der Waals surface area contributed by atoms with E-state index in [-0.39, 0.29) is 30.9 Å². The summed E-state index contributed by atoms with van der Waals surface area (Å²) in [5, 5.41) is 17.5. The number of aliphatic hydroxyl groups excluding tert-OH is 1. The van der Waals surface area contributed by atoms with Gasteiger partial charge in [0.2, 0.25) is 5.91 Å². The number of nitriles is 1. The number of nitrogens with zero attached hydrogens (tertiary/aromatic N) is 2. The van der Waals surface area contributed by atoms with E-state index >= 15 is 0 Å². The maximum absolute atomic E-state index is 11.6. The molecule has 10 heteroatoms. The highest BCUT2D eigenvalue weighted by Gasteiger charge is 2.34. The van der Waals surface area contributed by atoms with Crippen molar-refractivity contribution in [3.8, 4) is 6.07 Å². The number of nitrogens with two attached hydrogens (primary N) is 1. The van der Waals surface area contributed by atoms with Gasteiger partial charge in [0.25, 0.3) is 0 Å². The number of carbonyl (C=O) groups is 1. The molecule has 0 bridgehead atoms. The third kappa shape index (κ3) is 6.81. The molecule has 3 N–H and O–H groups in total. The zero-order valence-corrected chi connectivity index (χ0v) is 15.0. The van der Waals surface area contributed by atoms with Crippen molar-refractivity contribution in [2.45, 2.75) is 26.2 Å². The number of amides is 1. The molecule has 0 aromatic rings. The van der Waals surface area contributed by atoms with Gasteiger partial charge in [0, 0.05) is 13.1 Å². The summed E-state index contributed by atoms with van der Waals surface area (Å²) in [7, 11) is 0. The quantitative estimate of drug-likeness (QED) is 0.348. The van der Waals surface area contributed by atoms with Crippen molar-refractivity contribution < 1.29 is 23.5 Å². The molecule has 8 nitrogen and oxygen atoms in total. The lowest BCUT2D eigenvalue weighted by atomic mass is 9.81. The minimum atomic E-state index is -3.07. The molecule has 0 aromatic carbocycles. The van der Waals surface area contributed by atoms with Gasteiger partial charge in [-0.05, 0) is 30.1 Å². The molecule has 23 heavy (non-hydrogen) atoms. The van der Waals surface area contributed by atoms with E-state index in [1.165, 1.54) is 0 Å². The Labute approximate surface area is 141 Å². The molecule has 1 saturated heterocycles. The Bertz CT molecular complexity index is 477. The Morgan fingerprint density at radius 3 is 2.61 bits per heavy atom. The Kier molecular flexibility index (Phi) is 8.58. The van der Waals surface area contributed by atoms with Crippen LogP contribution in [-0.2, 0) is 30.2 Å². The maximum Gasteiger partial charge on any atom is 0.329 e. The molecule has 1 atom stereocenters. The summed E-state index contributed by atoms with van der Waals surface area (Å²) < 4.78 is 16.0. The lowest BCUT2D eigenvalue weighted by Gasteiger charge is -2.39. The van der Waals surface area contributed by atoms with E-state index in [1.807, 2.05) is 13.0 Å². The van der Waals surface area contributed by atoms with Gasteiger partial charge in [-0.3, -0.25) is 9.32 Å². The van der Waals surface area contributed by atoms with E-state index in [2.05, 4.69) is 0 Å². The van der Waals surface area contributed by atoms with Crippen molar-refractivity contribution in [2.75, 3.05) is 39.6 Å². The first-order valence-electron chi connectivity index (χ1n) is 7.37. The second kappa shape index (κ2) is 9.64. The fraction of sp³-hybridized carbons (Fsp3) is 0.846. The summed E-state index contributed by atoms with van der Waals surface area (Å²) in [4.78, 5) is 13.3. The van der Waals surface area contributed by atoms with Crippen LogP contribution >= 0.6 is 6.72 Å². The predicted molar refractivity (Wildman–Crippen MR) is 87.6 cm³/mol. The summed E-state index contributed by atoms with van der Waals surface area (Å²) in [5.74, 6) is -0.0541. The second-order valence-corrected chi connectivity index (χ2v) is 8.63. The van der Waals surface area contributed by atoms with E-state index in [4.69, 9.17) is 41.5 Å². The van der Waals surface area contributed by atoms with E-state index < -0.39 is 13.5 Å². The normalized spacial score (nSPS) is 19.8. The van der Waals surface area contributed by atoms with Crippen LogP contribution in [0.2, 0.25) is 0 Å².